The van der Waals surface area contributed by atoms with Gasteiger partial charge >= 0.3 is 5.97 Å². The number of carbonyl (C=O) groups is 2. The summed E-state index contributed by atoms with van der Waals surface area (Å²) < 4.78 is 7.16. The first-order valence-corrected chi connectivity index (χ1v) is 10.7. The molecule has 0 aliphatic carbocycles. The zero-order valence-corrected chi connectivity index (χ0v) is 17.8. The molecular formula is C24H25ClN2O3. The van der Waals surface area contributed by atoms with Gasteiger partial charge in [-0.25, -0.2) is 0 Å². The van der Waals surface area contributed by atoms with E-state index in [0.29, 0.717) is 17.1 Å². The molecule has 0 bridgehead atoms. The molecule has 3 aromatic rings. The van der Waals surface area contributed by atoms with Gasteiger partial charge in [0.15, 0.2) is 5.78 Å². The Morgan fingerprint density at radius 1 is 1.03 bits per heavy atom. The van der Waals surface area contributed by atoms with E-state index in [1.54, 1.807) is 0 Å². The highest BCUT2D eigenvalue weighted by atomic mass is 35.5. The van der Waals surface area contributed by atoms with Crippen molar-refractivity contribution >= 4 is 34.3 Å². The van der Waals surface area contributed by atoms with E-state index in [1.807, 2.05) is 53.2 Å². The van der Waals surface area contributed by atoms with Crippen molar-refractivity contribution in [2.24, 2.45) is 0 Å². The zero-order chi connectivity index (χ0) is 21.1. The van der Waals surface area contributed by atoms with Gasteiger partial charge < -0.3 is 9.30 Å². The second-order valence-electron chi connectivity index (χ2n) is 7.78. The molecular weight excluding hydrogens is 400 g/mol. The molecule has 156 valence electrons. The van der Waals surface area contributed by atoms with Crippen molar-refractivity contribution in [1.82, 2.24) is 9.47 Å². The number of esters is 1. The Hall–Kier alpha value is -2.63. The van der Waals surface area contributed by atoms with Crippen LogP contribution in [0.5, 0.6) is 0 Å². The Bertz CT molecular complexity index is 1070. The lowest BCUT2D eigenvalue weighted by atomic mass is 10.1. The van der Waals surface area contributed by atoms with E-state index in [4.69, 9.17) is 16.3 Å². The van der Waals surface area contributed by atoms with Crippen LogP contribution in [0.3, 0.4) is 0 Å². The normalized spacial score (nSPS) is 14.7. The van der Waals surface area contributed by atoms with E-state index < -0.39 is 0 Å². The summed E-state index contributed by atoms with van der Waals surface area (Å²) in [7, 11) is 0. The monoisotopic (exact) mass is 424 g/mol. The maximum Gasteiger partial charge on any atom is 0.302 e. The van der Waals surface area contributed by atoms with E-state index >= 15 is 0 Å². The Kier molecular flexibility index (Phi) is 6.21. The summed E-state index contributed by atoms with van der Waals surface area (Å²) in [6, 6.07) is 13.4. The molecule has 1 aliphatic heterocycles. The van der Waals surface area contributed by atoms with Crippen molar-refractivity contribution < 1.29 is 14.3 Å². The fraction of sp³-hybridized carbons (Fsp3) is 0.333. The number of hydrogen-bond donors (Lipinski definition) is 0. The quantitative estimate of drug-likeness (QED) is 0.412. The van der Waals surface area contributed by atoms with Crippen molar-refractivity contribution in [3.8, 4) is 5.69 Å². The van der Waals surface area contributed by atoms with Crippen LogP contribution in [0.25, 0.3) is 16.6 Å². The largest absolute Gasteiger partial charge is 0.461 e. The van der Waals surface area contributed by atoms with Gasteiger partial charge in [0.25, 0.3) is 0 Å². The van der Waals surface area contributed by atoms with Gasteiger partial charge in [0.2, 0.25) is 0 Å². The highest BCUT2D eigenvalue weighted by molar-refractivity contribution is 6.30. The molecule has 0 amide bonds. The third kappa shape index (κ3) is 4.58. The summed E-state index contributed by atoms with van der Waals surface area (Å²) in [4.78, 5) is 26.6. The number of carbonyl (C=O) groups excluding carboxylic acids is 2. The van der Waals surface area contributed by atoms with Crippen LogP contribution in [0.1, 0.15) is 42.1 Å². The van der Waals surface area contributed by atoms with Gasteiger partial charge in [0.1, 0.15) is 6.61 Å². The van der Waals surface area contributed by atoms with Crippen molar-refractivity contribution in [3.63, 3.8) is 0 Å². The van der Waals surface area contributed by atoms with Crippen molar-refractivity contribution in [1.29, 1.82) is 0 Å². The number of nitrogens with zero attached hydrogens (tertiary/aromatic N) is 2. The minimum Gasteiger partial charge on any atom is -0.461 e. The number of hydrogen-bond acceptors (Lipinski definition) is 4. The van der Waals surface area contributed by atoms with Gasteiger partial charge in [-0.2, -0.15) is 0 Å². The fourth-order valence-corrected chi connectivity index (χ4v) is 4.12. The Balaban J connectivity index is 1.73. The third-order valence-corrected chi connectivity index (χ3v) is 5.79. The van der Waals surface area contributed by atoms with E-state index in [1.165, 1.54) is 13.3 Å². The summed E-state index contributed by atoms with van der Waals surface area (Å²) in [5.74, 6) is -0.192. The topological polar surface area (TPSA) is 51.5 Å². The van der Waals surface area contributed by atoms with Gasteiger partial charge in [0, 0.05) is 34.8 Å². The summed E-state index contributed by atoms with van der Waals surface area (Å²) in [6.07, 6.45) is 5.46. The lowest BCUT2D eigenvalue weighted by molar-refractivity contribution is -0.142. The number of fused-ring (bicyclic) bond motifs is 1. The first kappa shape index (κ1) is 20.6. The Morgan fingerprint density at radius 3 is 2.47 bits per heavy atom. The molecule has 2 heterocycles. The Labute approximate surface area is 181 Å². The van der Waals surface area contributed by atoms with Crippen LogP contribution in [0.15, 0.2) is 48.7 Å². The maximum absolute atomic E-state index is 13.2. The van der Waals surface area contributed by atoms with Gasteiger partial charge in [-0.15, -0.1) is 0 Å². The molecule has 1 saturated heterocycles. The summed E-state index contributed by atoms with van der Waals surface area (Å²) in [6.45, 7) is 4.00. The SMILES string of the molecule is CC(=O)OCc1ccc2c(C(=O)CN3CCCCC3)cn(-c3ccc(Cl)cc3)c2c1. The summed E-state index contributed by atoms with van der Waals surface area (Å²) in [5.41, 5.74) is 3.42. The summed E-state index contributed by atoms with van der Waals surface area (Å²) in [5, 5.41) is 1.56. The average molecular weight is 425 g/mol. The maximum atomic E-state index is 13.2. The van der Waals surface area contributed by atoms with Crippen LogP contribution in [-0.4, -0.2) is 40.9 Å². The Morgan fingerprint density at radius 2 is 1.77 bits per heavy atom. The lowest BCUT2D eigenvalue weighted by Gasteiger charge is -2.25. The molecule has 0 spiro atoms. The predicted octanol–water partition coefficient (Wildman–Crippen LogP) is 5.02. The second-order valence-corrected chi connectivity index (χ2v) is 8.22. The number of rotatable bonds is 6. The molecule has 0 N–H and O–H groups in total. The molecule has 6 heteroatoms. The van der Waals surface area contributed by atoms with Crippen LogP contribution < -0.4 is 0 Å². The number of Topliss-reactive ketones (excluding diaryl/α,β-unsaturated/α-hetero) is 1. The van der Waals surface area contributed by atoms with Crippen LogP contribution in [0.4, 0.5) is 0 Å². The highest BCUT2D eigenvalue weighted by Gasteiger charge is 2.20. The van der Waals surface area contributed by atoms with Crippen LogP contribution in [0.2, 0.25) is 5.02 Å². The molecule has 30 heavy (non-hydrogen) atoms. The van der Waals surface area contributed by atoms with Crippen molar-refractivity contribution in [2.75, 3.05) is 19.6 Å². The van der Waals surface area contributed by atoms with Gasteiger partial charge in [-0.3, -0.25) is 14.5 Å². The molecule has 2 aromatic carbocycles. The van der Waals surface area contributed by atoms with Gasteiger partial charge in [0.05, 0.1) is 12.1 Å². The average Bonchev–Trinajstić information content (AvgIpc) is 3.12. The van der Waals surface area contributed by atoms with Crippen LogP contribution >= 0.6 is 11.6 Å². The van der Waals surface area contributed by atoms with Crippen molar-refractivity contribution in [2.45, 2.75) is 32.8 Å². The molecule has 0 saturated carbocycles. The predicted molar refractivity (Wildman–Crippen MR) is 118 cm³/mol. The van der Waals surface area contributed by atoms with Crippen LogP contribution in [-0.2, 0) is 16.1 Å². The fourth-order valence-electron chi connectivity index (χ4n) is 3.99. The second kappa shape index (κ2) is 9.02. The standard InChI is InChI=1S/C24H25ClN2O3/c1-17(28)30-16-18-5-10-21-22(24(29)15-26-11-3-2-4-12-26)14-27(23(21)13-18)20-8-6-19(25)7-9-20/h5-10,13-14H,2-4,11-12,15-16H2,1H3. The number of benzene rings is 2. The van der Waals surface area contributed by atoms with E-state index in [2.05, 4.69) is 4.90 Å². The smallest absolute Gasteiger partial charge is 0.302 e. The molecule has 0 unspecified atom stereocenters. The van der Waals surface area contributed by atoms with Gasteiger partial charge in [-0.05, 0) is 61.8 Å². The van der Waals surface area contributed by atoms with E-state index in [-0.39, 0.29) is 18.4 Å². The molecule has 0 radical (unpaired) electrons. The highest BCUT2D eigenvalue weighted by Crippen LogP contribution is 2.28. The number of ketones is 1. The van der Waals surface area contributed by atoms with E-state index in [0.717, 1.165) is 48.1 Å². The first-order valence-electron chi connectivity index (χ1n) is 10.3. The van der Waals surface area contributed by atoms with E-state index in [9.17, 15) is 9.59 Å². The number of halogens is 1. The van der Waals surface area contributed by atoms with Gasteiger partial charge in [-0.1, -0.05) is 30.2 Å². The summed E-state index contributed by atoms with van der Waals surface area (Å²) >= 11 is 6.06. The molecule has 1 aromatic heterocycles. The molecule has 1 aliphatic rings. The number of aromatic nitrogens is 1. The number of likely N-dealkylation sites (tertiary alicyclic amines) is 1. The third-order valence-electron chi connectivity index (χ3n) is 5.53. The first-order chi connectivity index (χ1) is 14.5. The minimum absolute atomic E-state index is 0.127. The van der Waals surface area contributed by atoms with Crippen LogP contribution in [0, 0.1) is 0 Å². The molecule has 5 nitrogen and oxygen atoms in total. The molecule has 0 atom stereocenters. The molecule has 4 rings (SSSR count). The lowest BCUT2D eigenvalue weighted by Crippen LogP contribution is -2.34. The minimum atomic E-state index is -0.319. The number of ether oxygens (including phenoxy) is 1. The van der Waals surface area contributed by atoms with Crippen molar-refractivity contribution in [3.05, 3.63) is 64.8 Å². The zero-order valence-electron chi connectivity index (χ0n) is 17.1. The number of piperidine rings is 1. The molecule has 1 fully saturated rings.